The highest BCUT2D eigenvalue weighted by molar-refractivity contribution is 6.29. The van der Waals surface area contributed by atoms with Crippen LogP contribution in [0.4, 0.5) is 0 Å². The molecule has 0 aliphatic heterocycles. The van der Waals surface area contributed by atoms with Gasteiger partial charge >= 0.3 is 0 Å². The Morgan fingerprint density at radius 1 is 1.29 bits per heavy atom. The third kappa shape index (κ3) is 4.46. The minimum atomic E-state index is -0.219. The molecule has 1 heterocycles. The molecule has 5 heteroatoms. The van der Waals surface area contributed by atoms with Crippen molar-refractivity contribution < 1.29 is 9.53 Å². The zero-order valence-electron chi connectivity index (χ0n) is 11.3. The van der Waals surface area contributed by atoms with Crippen molar-refractivity contribution in [2.24, 2.45) is 0 Å². The average molecular weight is 307 g/mol. The van der Waals surface area contributed by atoms with Gasteiger partial charge in [0, 0.05) is 11.6 Å². The topological polar surface area (TPSA) is 51.2 Å². The normalized spacial score (nSPS) is 11.2. The Labute approximate surface area is 130 Å². The first-order valence-corrected chi connectivity index (χ1v) is 6.55. The zero-order valence-corrected chi connectivity index (χ0v) is 12.0. The Kier molecular flexibility index (Phi) is 6.18. The zero-order chi connectivity index (χ0) is 14.5. The lowest BCUT2D eigenvalue weighted by Crippen LogP contribution is -2.26. The molecule has 2 aromatic rings. The maximum atomic E-state index is 12.2. The van der Waals surface area contributed by atoms with Gasteiger partial charge in [-0.3, -0.25) is 4.79 Å². The molecule has 1 N–H and O–H groups in total. The van der Waals surface area contributed by atoms with Crippen molar-refractivity contribution in [1.29, 1.82) is 0 Å². The molecule has 1 unspecified atom stereocenters. The summed E-state index contributed by atoms with van der Waals surface area (Å²) in [5.74, 6) is 0.0963. The molecule has 0 fully saturated rings. The lowest BCUT2D eigenvalue weighted by molar-refractivity contribution is 0.0939. The fourth-order valence-corrected chi connectivity index (χ4v) is 2.01. The highest BCUT2D eigenvalue weighted by Crippen LogP contribution is 2.17. The van der Waals surface area contributed by atoms with Gasteiger partial charge in [0.05, 0.1) is 13.2 Å². The fourth-order valence-electron chi connectivity index (χ4n) is 1.81. The molecule has 4 nitrogen and oxygen atoms in total. The molecule has 112 valence electrons. The van der Waals surface area contributed by atoms with E-state index in [0.29, 0.717) is 11.4 Å². The van der Waals surface area contributed by atoms with Crippen LogP contribution in [0.1, 0.15) is 36.3 Å². The number of benzene rings is 1. The quantitative estimate of drug-likeness (QED) is 0.872. The summed E-state index contributed by atoms with van der Waals surface area (Å²) < 4.78 is 5.00. The Balaban J connectivity index is 0.00000220. The van der Waals surface area contributed by atoms with E-state index in [1.807, 2.05) is 37.3 Å². The van der Waals surface area contributed by atoms with Crippen LogP contribution in [0.5, 0.6) is 5.88 Å². The van der Waals surface area contributed by atoms with E-state index in [1.165, 1.54) is 13.2 Å². The van der Waals surface area contributed by atoms with Gasteiger partial charge in [0.2, 0.25) is 5.88 Å². The predicted molar refractivity (Wildman–Crippen MR) is 84.9 cm³/mol. The average Bonchev–Trinajstić information content (AvgIpc) is 2.47. The number of nitrogens with zero attached hydrogens (tertiary/aromatic N) is 1. The Morgan fingerprint density at radius 3 is 2.57 bits per heavy atom. The van der Waals surface area contributed by atoms with Crippen LogP contribution in [0, 0.1) is 0 Å². The van der Waals surface area contributed by atoms with E-state index in [0.717, 1.165) is 5.56 Å². The van der Waals surface area contributed by atoms with Crippen molar-refractivity contribution >= 4 is 17.5 Å². The molecule has 0 saturated carbocycles. The number of amides is 1. The van der Waals surface area contributed by atoms with E-state index in [4.69, 9.17) is 16.3 Å². The second-order valence-electron chi connectivity index (χ2n) is 4.33. The van der Waals surface area contributed by atoms with Crippen LogP contribution in [-0.4, -0.2) is 18.0 Å². The lowest BCUT2D eigenvalue weighted by Gasteiger charge is -2.14. The van der Waals surface area contributed by atoms with Crippen LogP contribution in [0.15, 0.2) is 42.5 Å². The Hall–Kier alpha value is -2.07. The number of carbonyl (C=O) groups is 1. The fraction of sp³-hybridized carbons (Fsp3) is 0.250. The second kappa shape index (κ2) is 7.64. The maximum Gasteiger partial charge on any atom is 0.252 e. The number of ether oxygens (including phenoxy) is 1. The molecule has 1 atom stereocenters. The number of aromatic nitrogens is 1. The summed E-state index contributed by atoms with van der Waals surface area (Å²) in [5, 5.41) is 3.13. The van der Waals surface area contributed by atoms with Crippen LogP contribution in [0.3, 0.4) is 0 Å². The third-order valence-corrected chi connectivity index (χ3v) is 3.08. The van der Waals surface area contributed by atoms with E-state index in [1.54, 1.807) is 6.07 Å². The van der Waals surface area contributed by atoms with E-state index in [2.05, 4.69) is 10.3 Å². The van der Waals surface area contributed by atoms with Crippen molar-refractivity contribution in [3.8, 4) is 5.88 Å². The van der Waals surface area contributed by atoms with E-state index >= 15 is 0 Å². The van der Waals surface area contributed by atoms with Gasteiger partial charge in [-0.1, -0.05) is 49.4 Å². The highest BCUT2D eigenvalue weighted by Gasteiger charge is 2.13. The number of halogens is 1. The summed E-state index contributed by atoms with van der Waals surface area (Å²) in [5.41, 5.74) is 1.46. The van der Waals surface area contributed by atoms with Gasteiger partial charge in [0.25, 0.3) is 5.91 Å². The van der Waals surface area contributed by atoms with Crippen molar-refractivity contribution in [3.63, 3.8) is 0 Å². The number of nitrogens with one attached hydrogen (secondary N) is 1. The smallest absolute Gasteiger partial charge is 0.252 e. The second-order valence-corrected chi connectivity index (χ2v) is 4.71. The van der Waals surface area contributed by atoms with Crippen molar-refractivity contribution in [3.05, 3.63) is 58.7 Å². The Bertz CT molecular complexity index is 602. The number of hydrogen-bond acceptors (Lipinski definition) is 3. The number of pyridine rings is 1. The van der Waals surface area contributed by atoms with E-state index < -0.39 is 0 Å². The van der Waals surface area contributed by atoms with Gasteiger partial charge in [-0.15, -0.1) is 0 Å². The van der Waals surface area contributed by atoms with E-state index in [9.17, 15) is 4.79 Å². The summed E-state index contributed by atoms with van der Waals surface area (Å²) in [6, 6.07) is 12.7. The molecule has 0 aliphatic carbocycles. The Morgan fingerprint density at radius 2 is 1.95 bits per heavy atom. The predicted octanol–water partition coefficient (Wildman–Crippen LogP) is 3.87. The SMILES string of the molecule is C.COc1cc(C(=O)NC(C)c2ccccc2)cc(Cl)n1. The largest absolute Gasteiger partial charge is 0.481 e. The summed E-state index contributed by atoms with van der Waals surface area (Å²) in [6.07, 6.45) is 0. The maximum absolute atomic E-state index is 12.2. The summed E-state index contributed by atoms with van der Waals surface area (Å²) in [4.78, 5) is 16.1. The molecule has 0 spiro atoms. The number of rotatable bonds is 4. The third-order valence-electron chi connectivity index (χ3n) is 2.89. The lowest BCUT2D eigenvalue weighted by atomic mass is 10.1. The molecular formula is C16H19ClN2O2. The van der Waals surface area contributed by atoms with Crippen LogP contribution >= 0.6 is 11.6 Å². The summed E-state index contributed by atoms with van der Waals surface area (Å²) in [6.45, 7) is 1.92. The molecule has 1 amide bonds. The van der Waals surface area contributed by atoms with Crippen LogP contribution < -0.4 is 10.1 Å². The first-order chi connectivity index (χ1) is 9.60. The van der Waals surface area contributed by atoms with Crippen molar-refractivity contribution in [2.75, 3.05) is 7.11 Å². The van der Waals surface area contributed by atoms with Gasteiger partial charge in [0.1, 0.15) is 5.15 Å². The molecule has 0 aliphatic rings. The summed E-state index contributed by atoms with van der Waals surface area (Å²) >= 11 is 5.86. The van der Waals surface area contributed by atoms with Gasteiger partial charge in [-0.2, -0.15) is 0 Å². The first-order valence-electron chi connectivity index (χ1n) is 6.17. The molecule has 0 bridgehead atoms. The van der Waals surface area contributed by atoms with Crippen LogP contribution in [0.2, 0.25) is 5.15 Å². The monoisotopic (exact) mass is 306 g/mol. The number of methoxy groups -OCH3 is 1. The van der Waals surface area contributed by atoms with Gasteiger partial charge in [0.15, 0.2) is 0 Å². The minimum Gasteiger partial charge on any atom is -0.481 e. The number of carbonyl (C=O) groups excluding carboxylic acids is 1. The van der Waals surface area contributed by atoms with E-state index in [-0.39, 0.29) is 24.5 Å². The molecule has 1 aromatic heterocycles. The number of hydrogen-bond donors (Lipinski definition) is 1. The highest BCUT2D eigenvalue weighted by atomic mass is 35.5. The minimum absolute atomic E-state index is 0. The van der Waals surface area contributed by atoms with Crippen LogP contribution in [0.25, 0.3) is 0 Å². The molecule has 2 rings (SSSR count). The molecule has 0 radical (unpaired) electrons. The molecule has 0 saturated heterocycles. The van der Waals surface area contributed by atoms with Gasteiger partial charge < -0.3 is 10.1 Å². The first kappa shape index (κ1) is 17.0. The molecular weight excluding hydrogens is 288 g/mol. The summed E-state index contributed by atoms with van der Waals surface area (Å²) in [7, 11) is 1.48. The van der Waals surface area contributed by atoms with Gasteiger partial charge in [-0.25, -0.2) is 4.98 Å². The van der Waals surface area contributed by atoms with Crippen molar-refractivity contribution in [1.82, 2.24) is 10.3 Å². The van der Waals surface area contributed by atoms with Gasteiger partial charge in [-0.05, 0) is 18.6 Å². The van der Waals surface area contributed by atoms with Crippen LogP contribution in [-0.2, 0) is 0 Å². The molecule has 1 aromatic carbocycles. The standard InChI is InChI=1S/C15H15ClN2O2.CH4/c1-10(11-6-4-3-5-7-11)17-15(19)12-8-13(16)18-14(9-12)20-2;/h3-10H,1-2H3,(H,17,19);1H4. The molecule has 21 heavy (non-hydrogen) atoms. The van der Waals surface area contributed by atoms with Crippen molar-refractivity contribution in [2.45, 2.75) is 20.4 Å².